The third kappa shape index (κ3) is 3.94. The Labute approximate surface area is 136 Å². The Kier molecular flexibility index (Phi) is 4.97. The number of likely N-dealkylation sites (N-methyl/N-ethyl adjacent to an activating group) is 1. The minimum atomic E-state index is -4.88. The molecule has 0 aliphatic carbocycles. The molecule has 132 valence electrons. The minimum absolute atomic E-state index is 0.133. The smallest absolute Gasteiger partial charge is 0.323 e. The van der Waals surface area contributed by atoms with Gasteiger partial charge in [-0.15, -0.1) is 0 Å². The molecule has 1 aromatic carbocycles. The summed E-state index contributed by atoms with van der Waals surface area (Å²) in [5.74, 6) is 0. The third-order valence-corrected chi connectivity index (χ3v) is 3.93. The van der Waals surface area contributed by atoms with Crippen LogP contribution in [0, 0.1) is 10.1 Å². The summed E-state index contributed by atoms with van der Waals surface area (Å²) in [6.07, 6.45) is -4.11. The van der Waals surface area contributed by atoms with Gasteiger partial charge in [-0.3, -0.25) is 10.1 Å². The van der Waals surface area contributed by atoms with Crippen molar-refractivity contribution in [3.8, 4) is 0 Å². The van der Waals surface area contributed by atoms with Crippen LogP contribution in [0.1, 0.15) is 12.0 Å². The molecular formula is C14H17F3N4O3. The summed E-state index contributed by atoms with van der Waals surface area (Å²) in [6.45, 7) is 0.964. The molecule has 0 radical (unpaired) electrons. The maximum absolute atomic E-state index is 12.9. The Morgan fingerprint density at radius 1 is 1.42 bits per heavy atom. The number of hydrogen-bond acceptors (Lipinski definition) is 4. The van der Waals surface area contributed by atoms with Crippen molar-refractivity contribution in [2.24, 2.45) is 0 Å². The SMILES string of the molecule is CN(C)[C@@H]1CCN(C(=O)Nc2ccc([N+](=O)[O-])c(C(F)(F)F)c2)C1. The predicted molar refractivity (Wildman–Crippen MR) is 80.8 cm³/mol. The van der Waals surface area contributed by atoms with Crippen LogP contribution in [0.3, 0.4) is 0 Å². The fraction of sp³-hybridized carbons (Fsp3) is 0.500. The molecule has 10 heteroatoms. The fourth-order valence-electron chi connectivity index (χ4n) is 2.55. The van der Waals surface area contributed by atoms with Crippen molar-refractivity contribution >= 4 is 17.4 Å². The van der Waals surface area contributed by atoms with Crippen molar-refractivity contribution in [1.29, 1.82) is 0 Å². The molecule has 1 atom stereocenters. The average molecular weight is 346 g/mol. The number of nitrogens with one attached hydrogen (secondary N) is 1. The highest BCUT2D eigenvalue weighted by Crippen LogP contribution is 2.37. The summed E-state index contributed by atoms with van der Waals surface area (Å²) in [5.41, 5.74) is -2.57. The number of nitrogens with zero attached hydrogens (tertiary/aromatic N) is 3. The number of nitro benzene ring substituents is 1. The maximum Gasteiger partial charge on any atom is 0.423 e. The first-order valence-corrected chi connectivity index (χ1v) is 7.17. The van der Waals surface area contributed by atoms with Crippen LogP contribution in [0.15, 0.2) is 18.2 Å². The lowest BCUT2D eigenvalue weighted by Crippen LogP contribution is -2.36. The van der Waals surface area contributed by atoms with Crippen LogP contribution in [0.5, 0.6) is 0 Å². The number of amides is 2. The summed E-state index contributed by atoms with van der Waals surface area (Å²) >= 11 is 0. The fourth-order valence-corrected chi connectivity index (χ4v) is 2.55. The van der Waals surface area contributed by atoms with E-state index in [0.29, 0.717) is 19.2 Å². The van der Waals surface area contributed by atoms with Gasteiger partial charge < -0.3 is 15.1 Å². The number of benzene rings is 1. The normalized spacial score (nSPS) is 18.1. The first kappa shape index (κ1) is 18.0. The number of urea groups is 1. The lowest BCUT2D eigenvalue weighted by atomic mass is 10.1. The van der Waals surface area contributed by atoms with Gasteiger partial charge in [0.25, 0.3) is 5.69 Å². The lowest BCUT2D eigenvalue weighted by molar-refractivity contribution is -0.388. The van der Waals surface area contributed by atoms with E-state index in [2.05, 4.69) is 5.32 Å². The number of carbonyl (C=O) groups excluding carboxylic acids is 1. The molecule has 0 spiro atoms. The molecule has 2 rings (SSSR count). The summed E-state index contributed by atoms with van der Waals surface area (Å²) in [7, 11) is 3.77. The van der Waals surface area contributed by atoms with E-state index in [9.17, 15) is 28.1 Å². The van der Waals surface area contributed by atoms with E-state index in [1.807, 2.05) is 19.0 Å². The van der Waals surface area contributed by atoms with E-state index >= 15 is 0 Å². The summed E-state index contributed by atoms with van der Waals surface area (Å²) in [6, 6.07) is 2.07. The Morgan fingerprint density at radius 2 is 2.08 bits per heavy atom. The van der Waals surface area contributed by atoms with Gasteiger partial charge in [-0.05, 0) is 32.6 Å². The Morgan fingerprint density at radius 3 is 2.58 bits per heavy atom. The molecule has 1 saturated heterocycles. The molecule has 1 aliphatic heterocycles. The van der Waals surface area contributed by atoms with Crippen LogP contribution in [0.4, 0.5) is 29.3 Å². The van der Waals surface area contributed by atoms with E-state index in [0.717, 1.165) is 18.6 Å². The van der Waals surface area contributed by atoms with Crippen LogP contribution >= 0.6 is 0 Å². The minimum Gasteiger partial charge on any atom is -0.323 e. The average Bonchev–Trinajstić information content (AvgIpc) is 2.96. The summed E-state index contributed by atoms with van der Waals surface area (Å²) in [5, 5.41) is 13.1. The summed E-state index contributed by atoms with van der Waals surface area (Å²) in [4.78, 5) is 25.2. The standard InChI is InChI=1S/C14H17F3N4O3/c1-19(2)10-5-6-20(8-10)13(22)18-9-3-4-12(21(23)24)11(7-9)14(15,16)17/h3-4,7,10H,5-6,8H2,1-2H3,(H,18,22)/t10-/m1/s1. The third-order valence-electron chi connectivity index (χ3n) is 3.93. The van der Waals surface area contributed by atoms with Gasteiger partial charge in [-0.1, -0.05) is 0 Å². The zero-order valence-electron chi connectivity index (χ0n) is 13.1. The van der Waals surface area contributed by atoms with Crippen LogP contribution in [-0.4, -0.2) is 54.0 Å². The van der Waals surface area contributed by atoms with Crippen molar-refractivity contribution < 1.29 is 22.9 Å². The van der Waals surface area contributed by atoms with E-state index in [1.165, 1.54) is 4.90 Å². The van der Waals surface area contributed by atoms with Gasteiger partial charge in [0.2, 0.25) is 0 Å². The van der Waals surface area contributed by atoms with Crippen molar-refractivity contribution in [1.82, 2.24) is 9.80 Å². The van der Waals surface area contributed by atoms with E-state index in [4.69, 9.17) is 0 Å². The molecule has 1 fully saturated rings. The number of anilines is 1. The maximum atomic E-state index is 12.9. The second-order valence-corrected chi connectivity index (χ2v) is 5.77. The molecule has 0 aromatic heterocycles. The van der Waals surface area contributed by atoms with Crippen LogP contribution in [-0.2, 0) is 6.18 Å². The van der Waals surface area contributed by atoms with Gasteiger partial charge in [-0.2, -0.15) is 13.2 Å². The van der Waals surface area contributed by atoms with Crippen LogP contribution < -0.4 is 5.32 Å². The van der Waals surface area contributed by atoms with Gasteiger partial charge in [0.1, 0.15) is 5.56 Å². The molecule has 1 aromatic rings. The van der Waals surface area contributed by atoms with Crippen molar-refractivity contribution in [3.05, 3.63) is 33.9 Å². The molecule has 0 saturated carbocycles. The molecule has 1 N–H and O–H groups in total. The van der Waals surface area contributed by atoms with Gasteiger partial charge >= 0.3 is 12.2 Å². The first-order valence-electron chi connectivity index (χ1n) is 7.17. The van der Waals surface area contributed by atoms with Crippen molar-refractivity contribution in [2.45, 2.75) is 18.6 Å². The van der Waals surface area contributed by atoms with E-state index in [1.54, 1.807) is 0 Å². The molecule has 24 heavy (non-hydrogen) atoms. The Balaban J connectivity index is 2.16. The monoisotopic (exact) mass is 346 g/mol. The lowest BCUT2D eigenvalue weighted by Gasteiger charge is -2.21. The zero-order valence-corrected chi connectivity index (χ0v) is 13.1. The molecule has 1 aliphatic rings. The number of rotatable bonds is 3. The van der Waals surface area contributed by atoms with Gasteiger partial charge in [0.05, 0.1) is 4.92 Å². The number of carbonyl (C=O) groups is 1. The quantitative estimate of drug-likeness (QED) is 0.674. The Hall–Kier alpha value is -2.36. The van der Waals surface area contributed by atoms with Gasteiger partial charge in [0, 0.05) is 30.9 Å². The highest BCUT2D eigenvalue weighted by molar-refractivity contribution is 5.89. The molecule has 1 heterocycles. The number of alkyl halides is 3. The van der Waals surface area contributed by atoms with Crippen molar-refractivity contribution in [2.75, 3.05) is 32.5 Å². The van der Waals surface area contributed by atoms with Gasteiger partial charge in [-0.25, -0.2) is 4.79 Å². The topological polar surface area (TPSA) is 78.7 Å². The molecule has 0 bridgehead atoms. The van der Waals surface area contributed by atoms with Crippen LogP contribution in [0.2, 0.25) is 0 Å². The molecule has 7 nitrogen and oxygen atoms in total. The second-order valence-electron chi connectivity index (χ2n) is 5.77. The number of hydrogen-bond donors (Lipinski definition) is 1. The number of nitro groups is 1. The highest BCUT2D eigenvalue weighted by Gasteiger charge is 2.38. The molecule has 2 amide bonds. The van der Waals surface area contributed by atoms with E-state index in [-0.39, 0.29) is 11.7 Å². The number of likely N-dealkylation sites (tertiary alicyclic amines) is 1. The highest BCUT2D eigenvalue weighted by atomic mass is 19.4. The van der Waals surface area contributed by atoms with Crippen molar-refractivity contribution in [3.63, 3.8) is 0 Å². The zero-order chi connectivity index (χ0) is 18.1. The largest absolute Gasteiger partial charge is 0.423 e. The number of halogens is 3. The van der Waals surface area contributed by atoms with Gasteiger partial charge in [0.15, 0.2) is 0 Å². The van der Waals surface area contributed by atoms with E-state index < -0.39 is 28.4 Å². The molecule has 0 unspecified atom stereocenters. The Bertz CT molecular complexity index is 649. The van der Waals surface area contributed by atoms with Crippen LogP contribution in [0.25, 0.3) is 0 Å². The predicted octanol–water partition coefficient (Wildman–Crippen LogP) is 2.78. The molecular weight excluding hydrogens is 329 g/mol. The second kappa shape index (κ2) is 6.63. The summed E-state index contributed by atoms with van der Waals surface area (Å²) < 4.78 is 38.8. The first-order chi connectivity index (χ1) is 11.1.